The molecule has 1 aliphatic heterocycles. The molecule has 0 bridgehead atoms. The first-order valence-electron chi connectivity index (χ1n) is 9.30. The molecule has 0 aromatic heterocycles. The van der Waals surface area contributed by atoms with E-state index in [-0.39, 0.29) is 11.1 Å². The summed E-state index contributed by atoms with van der Waals surface area (Å²) in [4.78, 5) is 0. The zero-order valence-electron chi connectivity index (χ0n) is 16.6. The monoisotopic (exact) mass is 499 g/mol. The van der Waals surface area contributed by atoms with Crippen molar-refractivity contribution in [2.45, 2.75) is 50.0 Å². The van der Waals surface area contributed by atoms with Gasteiger partial charge in [0.05, 0.1) is 26.8 Å². The van der Waals surface area contributed by atoms with Gasteiger partial charge in [0.1, 0.15) is 11.6 Å². The van der Waals surface area contributed by atoms with Crippen LogP contribution in [0.2, 0.25) is 5.02 Å². The van der Waals surface area contributed by atoms with Gasteiger partial charge in [0.2, 0.25) is 0 Å². The maximum atomic E-state index is 14.3. The van der Waals surface area contributed by atoms with E-state index < -0.39 is 27.2 Å². The summed E-state index contributed by atoms with van der Waals surface area (Å²) in [6.45, 7) is 9.60. The van der Waals surface area contributed by atoms with Gasteiger partial charge in [-0.25, -0.2) is 13.3 Å². The van der Waals surface area contributed by atoms with Crippen molar-refractivity contribution in [1.29, 1.82) is 0 Å². The maximum Gasteiger partial charge on any atom is 0.155 e. The second-order valence-electron chi connectivity index (χ2n) is 8.07. The molecule has 1 heterocycles. The lowest BCUT2D eigenvalue weighted by Crippen LogP contribution is -2.54. The number of hydrogen-bond donors (Lipinski definition) is 1. The maximum absolute atomic E-state index is 14.3. The van der Waals surface area contributed by atoms with E-state index in [4.69, 9.17) is 16.3 Å². The minimum Gasteiger partial charge on any atom is -0.480 e. The molecule has 3 nitrogen and oxygen atoms in total. The number of halogens is 3. The quantitative estimate of drug-likeness (QED) is 0.386. The SMILES string of the molecule is C=CCC(NS(=O)C(C)(C)C)[C@@]1(c2ccccc2)Cc2c(cc(F)c(Cl)c2Br)O1. The topological polar surface area (TPSA) is 38.3 Å². The van der Waals surface area contributed by atoms with Crippen molar-refractivity contribution in [3.8, 4) is 5.75 Å². The number of nitrogens with one attached hydrogen (secondary N) is 1. The highest BCUT2D eigenvalue weighted by Gasteiger charge is 2.49. The molecule has 0 amide bonds. The molecule has 0 saturated heterocycles. The average Bonchev–Trinajstić information content (AvgIpc) is 3.06. The summed E-state index contributed by atoms with van der Waals surface area (Å²) in [7, 11) is -1.33. The predicted molar refractivity (Wildman–Crippen MR) is 121 cm³/mol. The molecule has 2 aromatic carbocycles. The molecule has 0 radical (unpaired) electrons. The first-order valence-corrected chi connectivity index (χ1v) is 11.6. The molecule has 3 atom stereocenters. The lowest BCUT2D eigenvalue weighted by Gasteiger charge is -2.38. The zero-order valence-corrected chi connectivity index (χ0v) is 19.8. The van der Waals surface area contributed by atoms with Gasteiger partial charge in [0, 0.05) is 22.5 Å². The molecule has 0 spiro atoms. The smallest absolute Gasteiger partial charge is 0.155 e. The second kappa shape index (κ2) is 8.50. The third kappa shape index (κ3) is 4.31. The lowest BCUT2D eigenvalue weighted by atomic mass is 9.81. The van der Waals surface area contributed by atoms with Gasteiger partial charge in [-0.15, -0.1) is 6.58 Å². The minimum absolute atomic E-state index is 0.0303. The van der Waals surface area contributed by atoms with Gasteiger partial charge in [-0.05, 0) is 48.7 Å². The van der Waals surface area contributed by atoms with Crippen molar-refractivity contribution >= 4 is 38.5 Å². The Balaban J connectivity index is 2.14. The fraction of sp³-hybridized carbons (Fsp3) is 0.364. The van der Waals surface area contributed by atoms with Crippen molar-refractivity contribution in [1.82, 2.24) is 4.72 Å². The summed E-state index contributed by atoms with van der Waals surface area (Å²) in [5.41, 5.74) is 0.806. The van der Waals surface area contributed by atoms with E-state index in [9.17, 15) is 8.60 Å². The summed E-state index contributed by atoms with van der Waals surface area (Å²) in [6.07, 6.45) is 2.73. The Bertz CT molecular complexity index is 948. The van der Waals surface area contributed by atoms with Gasteiger partial charge in [-0.2, -0.15) is 0 Å². The molecule has 1 aliphatic rings. The highest BCUT2D eigenvalue weighted by atomic mass is 79.9. The van der Waals surface area contributed by atoms with Crippen LogP contribution in [0.25, 0.3) is 0 Å². The Morgan fingerprint density at radius 3 is 2.66 bits per heavy atom. The number of ether oxygens (including phenoxy) is 1. The largest absolute Gasteiger partial charge is 0.480 e. The van der Waals surface area contributed by atoms with Crippen LogP contribution in [0, 0.1) is 5.82 Å². The van der Waals surface area contributed by atoms with Crippen molar-refractivity contribution in [3.63, 3.8) is 0 Å². The summed E-state index contributed by atoms with van der Waals surface area (Å²) in [5, 5.41) is 0.0303. The molecule has 3 rings (SSSR count). The molecule has 2 aromatic rings. The second-order valence-corrected chi connectivity index (χ2v) is 11.2. The Labute approximate surface area is 187 Å². The summed E-state index contributed by atoms with van der Waals surface area (Å²) >= 11 is 9.55. The Morgan fingerprint density at radius 1 is 1.41 bits per heavy atom. The van der Waals surface area contributed by atoms with Crippen LogP contribution in [0.1, 0.15) is 38.3 Å². The Morgan fingerprint density at radius 2 is 2.07 bits per heavy atom. The first kappa shape index (κ1) is 22.5. The van der Waals surface area contributed by atoms with Crippen LogP contribution in [-0.4, -0.2) is 15.0 Å². The molecular formula is C22H24BrClFNO2S. The van der Waals surface area contributed by atoms with Crippen LogP contribution in [0.4, 0.5) is 4.39 Å². The van der Waals surface area contributed by atoms with Gasteiger partial charge < -0.3 is 4.74 Å². The summed E-state index contributed by atoms with van der Waals surface area (Å²) in [5.74, 6) is -0.118. The van der Waals surface area contributed by atoms with E-state index in [0.29, 0.717) is 23.1 Å². The van der Waals surface area contributed by atoms with E-state index in [1.165, 1.54) is 6.07 Å². The van der Waals surface area contributed by atoms with Gasteiger partial charge in [-0.3, -0.25) is 0 Å². The van der Waals surface area contributed by atoms with Crippen LogP contribution in [0.5, 0.6) is 5.75 Å². The molecule has 0 fully saturated rings. The minimum atomic E-state index is -1.33. The highest BCUT2D eigenvalue weighted by Crippen LogP contribution is 2.49. The van der Waals surface area contributed by atoms with E-state index in [0.717, 1.165) is 11.1 Å². The third-order valence-electron chi connectivity index (χ3n) is 4.99. The van der Waals surface area contributed by atoms with Gasteiger partial charge in [-0.1, -0.05) is 48.0 Å². The normalized spacial score (nSPS) is 20.6. The molecular weight excluding hydrogens is 477 g/mol. The molecule has 0 aliphatic carbocycles. The van der Waals surface area contributed by atoms with Crippen LogP contribution in [-0.2, 0) is 23.0 Å². The Kier molecular flexibility index (Phi) is 6.59. The molecule has 156 valence electrons. The predicted octanol–water partition coefficient (Wildman–Crippen LogP) is 6.07. The van der Waals surface area contributed by atoms with Crippen LogP contribution in [0.3, 0.4) is 0 Å². The first-order chi connectivity index (χ1) is 13.6. The van der Waals surface area contributed by atoms with E-state index in [1.54, 1.807) is 6.08 Å². The standard InChI is InChI=1S/C22H24BrClFNO2S/c1-5-9-18(26-29(27)21(2,3)4)22(14-10-7-6-8-11-14)13-15-17(28-22)12-16(25)20(24)19(15)23/h5-8,10-12,18,26H,1,9,13H2,2-4H3/t18?,22-,29?/m0/s1. The van der Waals surface area contributed by atoms with Gasteiger partial charge in [0.15, 0.2) is 5.60 Å². The van der Waals surface area contributed by atoms with Crippen molar-refractivity contribution in [3.05, 3.63) is 75.5 Å². The highest BCUT2D eigenvalue weighted by molar-refractivity contribution is 9.10. The van der Waals surface area contributed by atoms with E-state index in [2.05, 4.69) is 27.2 Å². The van der Waals surface area contributed by atoms with Crippen LogP contribution >= 0.6 is 27.5 Å². The average molecular weight is 501 g/mol. The molecule has 2 unspecified atom stereocenters. The van der Waals surface area contributed by atoms with Crippen molar-refractivity contribution in [2.75, 3.05) is 0 Å². The number of rotatable bonds is 6. The number of hydrogen-bond acceptors (Lipinski definition) is 2. The number of fused-ring (bicyclic) bond motifs is 1. The molecule has 0 saturated carbocycles. The molecule has 1 N–H and O–H groups in total. The summed E-state index contributed by atoms with van der Waals surface area (Å²) in [6, 6.07) is 10.7. The van der Waals surface area contributed by atoms with Crippen LogP contribution in [0.15, 0.2) is 53.5 Å². The zero-order chi connectivity index (χ0) is 21.4. The van der Waals surface area contributed by atoms with E-state index in [1.807, 2.05) is 51.1 Å². The fourth-order valence-electron chi connectivity index (χ4n) is 3.44. The number of benzene rings is 2. The fourth-order valence-corrected chi connectivity index (χ4v) is 5.04. The summed E-state index contributed by atoms with van der Waals surface area (Å²) < 4.78 is 37.0. The van der Waals surface area contributed by atoms with Crippen molar-refractivity contribution in [2.24, 2.45) is 0 Å². The van der Waals surface area contributed by atoms with Crippen LogP contribution < -0.4 is 9.46 Å². The Hall–Kier alpha value is -1.21. The lowest BCUT2D eigenvalue weighted by molar-refractivity contribution is 0.0566. The van der Waals surface area contributed by atoms with Crippen molar-refractivity contribution < 1.29 is 13.3 Å². The van der Waals surface area contributed by atoms with Gasteiger partial charge in [0.25, 0.3) is 0 Å². The van der Waals surface area contributed by atoms with Gasteiger partial charge >= 0.3 is 0 Å². The third-order valence-corrected chi connectivity index (χ3v) is 8.07. The molecule has 29 heavy (non-hydrogen) atoms. The van der Waals surface area contributed by atoms with E-state index >= 15 is 0 Å². The molecule has 7 heteroatoms.